The first-order chi connectivity index (χ1) is 11.4. The summed E-state index contributed by atoms with van der Waals surface area (Å²) >= 11 is 5.81. The molecule has 124 valence electrons. The molecule has 0 aliphatic rings. The van der Waals surface area contributed by atoms with Gasteiger partial charge in [0.1, 0.15) is 12.3 Å². The van der Waals surface area contributed by atoms with Gasteiger partial charge in [0.15, 0.2) is 5.69 Å². The molecule has 0 amide bonds. The Morgan fingerprint density at radius 3 is 2.38 bits per heavy atom. The van der Waals surface area contributed by atoms with Crippen molar-refractivity contribution in [2.75, 3.05) is 0 Å². The highest BCUT2D eigenvalue weighted by atomic mass is 35.5. The quantitative estimate of drug-likeness (QED) is 0.718. The topological polar surface area (TPSA) is 65.7 Å². The Morgan fingerprint density at radius 1 is 1.00 bits per heavy atom. The average Bonchev–Trinajstić information content (AvgIpc) is 3.02. The van der Waals surface area contributed by atoms with E-state index in [2.05, 4.69) is 20.5 Å². The SMILES string of the molecule is FC(F)(F)c1ccc(OCc2cn(-c3ccc(Cl)cc3)nn2)nn1. The van der Waals surface area contributed by atoms with Gasteiger partial charge >= 0.3 is 6.18 Å². The van der Waals surface area contributed by atoms with Crippen LogP contribution in [-0.2, 0) is 12.8 Å². The minimum atomic E-state index is -4.53. The van der Waals surface area contributed by atoms with Gasteiger partial charge in [-0.25, -0.2) is 4.68 Å². The van der Waals surface area contributed by atoms with Gasteiger partial charge in [-0.2, -0.15) is 13.2 Å². The molecule has 0 saturated carbocycles. The molecule has 0 saturated heterocycles. The lowest BCUT2D eigenvalue weighted by Crippen LogP contribution is -2.09. The van der Waals surface area contributed by atoms with E-state index < -0.39 is 11.9 Å². The molecule has 0 fully saturated rings. The maximum Gasteiger partial charge on any atom is 0.435 e. The van der Waals surface area contributed by atoms with Crippen LogP contribution in [0.15, 0.2) is 42.6 Å². The molecule has 0 N–H and O–H groups in total. The minimum Gasteiger partial charge on any atom is -0.470 e. The van der Waals surface area contributed by atoms with E-state index in [0.717, 1.165) is 17.8 Å². The molecule has 0 spiro atoms. The number of rotatable bonds is 4. The zero-order chi connectivity index (χ0) is 17.2. The van der Waals surface area contributed by atoms with E-state index in [1.54, 1.807) is 30.5 Å². The third-order valence-corrected chi connectivity index (χ3v) is 3.18. The molecule has 1 aromatic carbocycles. The van der Waals surface area contributed by atoms with Gasteiger partial charge in [-0.15, -0.1) is 15.3 Å². The summed E-state index contributed by atoms with van der Waals surface area (Å²) in [5.74, 6) is -0.0379. The van der Waals surface area contributed by atoms with Crippen LogP contribution in [0.3, 0.4) is 0 Å². The molecule has 10 heteroatoms. The first kappa shape index (κ1) is 16.2. The van der Waals surface area contributed by atoms with Gasteiger partial charge in [-0.3, -0.25) is 0 Å². The Bertz CT molecular complexity index is 818. The van der Waals surface area contributed by atoms with E-state index >= 15 is 0 Å². The van der Waals surface area contributed by atoms with Crippen molar-refractivity contribution in [1.29, 1.82) is 0 Å². The highest BCUT2D eigenvalue weighted by Crippen LogP contribution is 2.27. The molecule has 24 heavy (non-hydrogen) atoms. The van der Waals surface area contributed by atoms with E-state index in [1.807, 2.05) is 0 Å². The molecule has 0 unspecified atom stereocenters. The third-order valence-electron chi connectivity index (χ3n) is 2.93. The number of nitrogens with zero attached hydrogens (tertiary/aromatic N) is 5. The van der Waals surface area contributed by atoms with Crippen LogP contribution in [0.2, 0.25) is 5.02 Å². The summed E-state index contributed by atoms with van der Waals surface area (Å²) in [7, 11) is 0. The molecule has 0 atom stereocenters. The lowest BCUT2D eigenvalue weighted by Gasteiger charge is -2.05. The predicted molar refractivity (Wildman–Crippen MR) is 77.7 cm³/mol. The summed E-state index contributed by atoms with van der Waals surface area (Å²) < 4.78 is 43.9. The van der Waals surface area contributed by atoms with Crippen LogP contribution in [0, 0.1) is 0 Å². The Kier molecular flexibility index (Phi) is 4.34. The molecule has 0 radical (unpaired) electrons. The van der Waals surface area contributed by atoms with Crippen molar-refractivity contribution in [3.8, 4) is 11.6 Å². The van der Waals surface area contributed by atoms with Crippen molar-refractivity contribution in [2.45, 2.75) is 12.8 Å². The predicted octanol–water partition coefficient (Wildman–Crippen LogP) is 3.31. The standard InChI is InChI=1S/C14H9ClF3N5O/c15-9-1-3-11(4-2-9)23-7-10(19-22-23)8-24-13-6-5-12(20-21-13)14(16,17)18/h1-7H,8H2. The van der Waals surface area contributed by atoms with Crippen LogP contribution < -0.4 is 4.74 Å². The molecule has 3 aromatic rings. The second kappa shape index (κ2) is 6.44. The highest BCUT2D eigenvalue weighted by molar-refractivity contribution is 6.30. The Hall–Kier alpha value is -2.68. The fraction of sp³-hybridized carbons (Fsp3) is 0.143. The molecule has 0 aliphatic heterocycles. The van der Waals surface area contributed by atoms with Crippen LogP contribution in [0.5, 0.6) is 5.88 Å². The van der Waals surface area contributed by atoms with Crippen molar-refractivity contribution in [3.63, 3.8) is 0 Å². The largest absolute Gasteiger partial charge is 0.470 e. The van der Waals surface area contributed by atoms with Crippen LogP contribution in [-0.4, -0.2) is 25.2 Å². The molecule has 0 bridgehead atoms. The lowest BCUT2D eigenvalue weighted by molar-refractivity contribution is -0.141. The minimum absolute atomic E-state index is 0.00632. The third kappa shape index (κ3) is 3.80. The van der Waals surface area contributed by atoms with Gasteiger partial charge in [0.05, 0.1) is 11.9 Å². The molecule has 2 heterocycles. The van der Waals surface area contributed by atoms with E-state index in [-0.39, 0.29) is 12.5 Å². The first-order valence-electron chi connectivity index (χ1n) is 6.63. The summed E-state index contributed by atoms with van der Waals surface area (Å²) in [6.45, 7) is -0.00632. The number of aromatic nitrogens is 5. The van der Waals surface area contributed by atoms with E-state index in [1.165, 1.54) is 4.68 Å². The van der Waals surface area contributed by atoms with Crippen molar-refractivity contribution in [1.82, 2.24) is 25.2 Å². The van der Waals surface area contributed by atoms with Crippen molar-refractivity contribution < 1.29 is 17.9 Å². The molecular weight excluding hydrogens is 347 g/mol. The number of halogens is 4. The van der Waals surface area contributed by atoms with Gasteiger partial charge in [0, 0.05) is 11.1 Å². The fourth-order valence-electron chi connectivity index (χ4n) is 1.78. The smallest absolute Gasteiger partial charge is 0.435 e. The van der Waals surface area contributed by atoms with Gasteiger partial charge in [-0.1, -0.05) is 16.8 Å². The summed E-state index contributed by atoms with van der Waals surface area (Å²) in [4.78, 5) is 0. The Balaban J connectivity index is 1.64. The molecule has 2 aromatic heterocycles. The summed E-state index contributed by atoms with van der Waals surface area (Å²) in [6, 6.07) is 8.86. The molecule has 3 rings (SSSR count). The van der Waals surface area contributed by atoms with Crippen LogP contribution in [0.4, 0.5) is 13.2 Å². The van der Waals surface area contributed by atoms with E-state index in [4.69, 9.17) is 16.3 Å². The van der Waals surface area contributed by atoms with Gasteiger partial charge < -0.3 is 4.74 Å². The van der Waals surface area contributed by atoms with E-state index in [0.29, 0.717) is 10.7 Å². The number of ether oxygens (including phenoxy) is 1. The summed E-state index contributed by atoms with van der Waals surface area (Å²) in [5, 5.41) is 14.9. The van der Waals surface area contributed by atoms with Crippen LogP contribution >= 0.6 is 11.6 Å². The second-order valence-corrected chi connectivity index (χ2v) is 5.11. The number of hydrogen-bond acceptors (Lipinski definition) is 5. The zero-order valence-corrected chi connectivity index (χ0v) is 12.7. The summed E-state index contributed by atoms with van der Waals surface area (Å²) in [5.41, 5.74) is 0.155. The number of benzene rings is 1. The monoisotopic (exact) mass is 355 g/mol. The fourth-order valence-corrected chi connectivity index (χ4v) is 1.91. The van der Waals surface area contributed by atoms with Crippen LogP contribution in [0.25, 0.3) is 5.69 Å². The van der Waals surface area contributed by atoms with E-state index in [9.17, 15) is 13.2 Å². The van der Waals surface area contributed by atoms with Crippen molar-refractivity contribution >= 4 is 11.6 Å². The number of alkyl halides is 3. The normalized spacial score (nSPS) is 11.5. The van der Waals surface area contributed by atoms with Crippen molar-refractivity contribution in [2.24, 2.45) is 0 Å². The van der Waals surface area contributed by atoms with Crippen molar-refractivity contribution in [3.05, 3.63) is 59.0 Å². The first-order valence-corrected chi connectivity index (χ1v) is 7.00. The number of hydrogen-bond donors (Lipinski definition) is 0. The Labute approximate surface area is 138 Å². The highest BCUT2D eigenvalue weighted by Gasteiger charge is 2.32. The zero-order valence-electron chi connectivity index (χ0n) is 11.9. The summed E-state index contributed by atoms with van der Waals surface area (Å²) in [6.07, 6.45) is -2.91. The molecule has 0 aliphatic carbocycles. The maximum atomic E-state index is 12.4. The Morgan fingerprint density at radius 2 is 1.75 bits per heavy atom. The van der Waals surface area contributed by atoms with Crippen LogP contribution in [0.1, 0.15) is 11.4 Å². The second-order valence-electron chi connectivity index (χ2n) is 4.67. The van der Waals surface area contributed by atoms with Gasteiger partial charge in [0.2, 0.25) is 5.88 Å². The lowest BCUT2D eigenvalue weighted by atomic mass is 10.3. The average molecular weight is 356 g/mol. The molecular formula is C14H9ClF3N5O. The van der Waals surface area contributed by atoms with Gasteiger partial charge in [0.25, 0.3) is 0 Å². The molecule has 6 nitrogen and oxygen atoms in total. The maximum absolute atomic E-state index is 12.4. The van der Waals surface area contributed by atoms with Gasteiger partial charge in [-0.05, 0) is 30.3 Å².